The molecule has 0 bridgehead atoms. The summed E-state index contributed by atoms with van der Waals surface area (Å²) in [5.41, 5.74) is 1.07. The van der Waals surface area contributed by atoms with Crippen molar-refractivity contribution in [2.24, 2.45) is 5.92 Å². The number of nitrogens with zero attached hydrogens (tertiary/aromatic N) is 1. The molecule has 1 atom stereocenters. The Morgan fingerprint density at radius 2 is 2.29 bits per heavy atom. The van der Waals surface area contributed by atoms with Crippen LogP contribution in [0.5, 0.6) is 0 Å². The third-order valence-electron chi connectivity index (χ3n) is 3.63. The molecule has 0 spiro atoms. The Balaban J connectivity index is 0.00000220. The quantitative estimate of drug-likeness (QED) is 0.658. The normalized spacial score (nSPS) is 17.7. The van der Waals surface area contributed by atoms with E-state index in [4.69, 9.17) is 0 Å². The summed E-state index contributed by atoms with van der Waals surface area (Å²) in [7, 11) is 0. The van der Waals surface area contributed by atoms with Crippen LogP contribution in [0.15, 0.2) is 18.2 Å². The number of non-ortho nitro benzene ring substituents is 1. The highest BCUT2D eigenvalue weighted by atomic mass is 35.5. The highest BCUT2D eigenvalue weighted by Crippen LogP contribution is 2.17. The number of piperidine rings is 1. The first-order valence-corrected chi connectivity index (χ1v) is 6.82. The van der Waals surface area contributed by atoms with E-state index < -0.39 is 4.92 Å². The Kier molecular flexibility index (Phi) is 6.58. The van der Waals surface area contributed by atoms with Crippen LogP contribution in [0.4, 0.5) is 5.69 Å². The fraction of sp³-hybridized carbons (Fsp3) is 0.500. The van der Waals surface area contributed by atoms with Gasteiger partial charge in [0.15, 0.2) is 0 Å². The summed E-state index contributed by atoms with van der Waals surface area (Å²) in [5.74, 6) is 0.198. The molecule has 1 aliphatic heterocycles. The lowest BCUT2D eigenvalue weighted by atomic mass is 9.99. The van der Waals surface area contributed by atoms with Crippen molar-refractivity contribution in [3.8, 4) is 0 Å². The summed E-state index contributed by atoms with van der Waals surface area (Å²) in [5, 5.41) is 16.9. The van der Waals surface area contributed by atoms with Gasteiger partial charge in [0, 0.05) is 24.2 Å². The fourth-order valence-electron chi connectivity index (χ4n) is 2.40. The molecule has 2 N–H and O–H groups in total. The van der Waals surface area contributed by atoms with E-state index in [2.05, 4.69) is 10.6 Å². The predicted molar refractivity (Wildman–Crippen MR) is 83.0 cm³/mol. The molecular formula is C14H20ClN3O3. The Morgan fingerprint density at radius 3 is 2.90 bits per heavy atom. The maximum Gasteiger partial charge on any atom is 0.270 e. The zero-order valence-electron chi connectivity index (χ0n) is 11.9. The lowest BCUT2D eigenvalue weighted by molar-refractivity contribution is -0.384. The highest BCUT2D eigenvalue weighted by molar-refractivity contribution is 5.96. The van der Waals surface area contributed by atoms with E-state index in [1.54, 1.807) is 13.0 Å². The molecule has 1 saturated heterocycles. The number of aryl methyl sites for hydroxylation is 1. The molecule has 7 heteroatoms. The smallest absolute Gasteiger partial charge is 0.270 e. The van der Waals surface area contributed by atoms with Gasteiger partial charge in [0.05, 0.1) is 4.92 Å². The van der Waals surface area contributed by atoms with Crippen molar-refractivity contribution in [1.82, 2.24) is 10.6 Å². The number of nitro benzene ring substituents is 1. The average Bonchev–Trinajstić information content (AvgIpc) is 2.46. The molecule has 116 valence electrons. The Bertz CT molecular complexity index is 516. The number of amides is 1. The van der Waals surface area contributed by atoms with Crippen LogP contribution >= 0.6 is 12.4 Å². The summed E-state index contributed by atoms with van der Waals surface area (Å²) < 4.78 is 0. The minimum Gasteiger partial charge on any atom is -0.352 e. The van der Waals surface area contributed by atoms with Gasteiger partial charge in [-0.25, -0.2) is 0 Å². The molecule has 1 fully saturated rings. The average molecular weight is 314 g/mol. The molecule has 1 heterocycles. The number of nitrogens with one attached hydrogen (secondary N) is 2. The van der Waals surface area contributed by atoms with Gasteiger partial charge in [0.1, 0.15) is 0 Å². The molecule has 1 aromatic carbocycles. The molecule has 21 heavy (non-hydrogen) atoms. The van der Waals surface area contributed by atoms with Crippen molar-refractivity contribution in [3.05, 3.63) is 39.4 Å². The number of hydrogen-bond acceptors (Lipinski definition) is 4. The van der Waals surface area contributed by atoms with Gasteiger partial charge >= 0.3 is 0 Å². The molecule has 0 aliphatic carbocycles. The standard InChI is InChI=1S/C14H19N3O3.ClH/c1-10-4-5-12(17(19)20)7-13(10)14(18)16-9-11-3-2-6-15-8-11;/h4-5,7,11,15H,2-3,6,8-9H2,1H3,(H,16,18);1H. The van der Waals surface area contributed by atoms with E-state index in [0.717, 1.165) is 31.5 Å². The van der Waals surface area contributed by atoms with Crippen molar-refractivity contribution in [3.63, 3.8) is 0 Å². The number of carbonyl (C=O) groups is 1. The van der Waals surface area contributed by atoms with E-state index in [-0.39, 0.29) is 24.0 Å². The largest absolute Gasteiger partial charge is 0.352 e. The molecule has 2 rings (SSSR count). The Labute approximate surface area is 129 Å². The van der Waals surface area contributed by atoms with E-state index in [0.29, 0.717) is 18.0 Å². The van der Waals surface area contributed by atoms with Crippen LogP contribution in [0.1, 0.15) is 28.8 Å². The van der Waals surface area contributed by atoms with Gasteiger partial charge in [-0.2, -0.15) is 0 Å². The van der Waals surface area contributed by atoms with Gasteiger partial charge in [-0.3, -0.25) is 14.9 Å². The van der Waals surface area contributed by atoms with E-state index in [1.807, 2.05) is 0 Å². The molecule has 0 radical (unpaired) electrons. The van der Waals surface area contributed by atoms with Crippen molar-refractivity contribution in [2.45, 2.75) is 19.8 Å². The van der Waals surface area contributed by atoms with Gasteiger partial charge in [-0.1, -0.05) is 6.07 Å². The molecule has 1 aromatic rings. The molecule has 1 unspecified atom stereocenters. The van der Waals surface area contributed by atoms with E-state index >= 15 is 0 Å². The first-order chi connectivity index (χ1) is 9.58. The second-order valence-corrected chi connectivity index (χ2v) is 5.18. The second-order valence-electron chi connectivity index (χ2n) is 5.18. The van der Waals surface area contributed by atoms with Crippen LogP contribution in [0, 0.1) is 23.0 Å². The van der Waals surface area contributed by atoms with Crippen LogP contribution in [0.3, 0.4) is 0 Å². The molecule has 1 amide bonds. The third kappa shape index (κ3) is 4.68. The van der Waals surface area contributed by atoms with E-state index in [1.165, 1.54) is 12.1 Å². The Morgan fingerprint density at radius 1 is 1.52 bits per heavy atom. The molecular weight excluding hydrogens is 294 g/mol. The lowest BCUT2D eigenvalue weighted by Crippen LogP contribution is -2.38. The maximum absolute atomic E-state index is 12.1. The minimum atomic E-state index is -0.485. The van der Waals surface area contributed by atoms with E-state index in [9.17, 15) is 14.9 Å². The first kappa shape index (κ1) is 17.4. The second kappa shape index (κ2) is 7.95. The summed E-state index contributed by atoms with van der Waals surface area (Å²) >= 11 is 0. The van der Waals surface area contributed by atoms with Crippen LogP contribution in [-0.4, -0.2) is 30.5 Å². The highest BCUT2D eigenvalue weighted by Gasteiger charge is 2.17. The zero-order valence-corrected chi connectivity index (χ0v) is 12.7. The number of nitro groups is 1. The van der Waals surface area contributed by atoms with Crippen LogP contribution < -0.4 is 10.6 Å². The molecule has 1 aliphatic rings. The van der Waals surface area contributed by atoms with Crippen molar-refractivity contribution >= 4 is 24.0 Å². The van der Waals surface area contributed by atoms with Gasteiger partial charge < -0.3 is 10.6 Å². The van der Waals surface area contributed by atoms with Gasteiger partial charge in [-0.15, -0.1) is 12.4 Å². The van der Waals surface area contributed by atoms with Gasteiger partial charge in [0.25, 0.3) is 11.6 Å². The SMILES string of the molecule is Cc1ccc([N+](=O)[O-])cc1C(=O)NCC1CCCNC1.Cl. The topological polar surface area (TPSA) is 84.3 Å². The van der Waals surface area contributed by atoms with Crippen molar-refractivity contribution in [1.29, 1.82) is 0 Å². The maximum atomic E-state index is 12.1. The fourth-order valence-corrected chi connectivity index (χ4v) is 2.40. The first-order valence-electron chi connectivity index (χ1n) is 6.82. The summed E-state index contributed by atoms with van der Waals surface area (Å²) in [6.07, 6.45) is 2.22. The van der Waals surface area contributed by atoms with Crippen molar-refractivity contribution < 1.29 is 9.72 Å². The van der Waals surface area contributed by atoms with Crippen LogP contribution in [0.25, 0.3) is 0 Å². The molecule has 6 nitrogen and oxygen atoms in total. The van der Waals surface area contributed by atoms with Crippen molar-refractivity contribution in [2.75, 3.05) is 19.6 Å². The number of halogens is 1. The van der Waals surface area contributed by atoms with Crippen LogP contribution in [0.2, 0.25) is 0 Å². The number of rotatable bonds is 4. The Hall–Kier alpha value is -1.66. The summed E-state index contributed by atoms with van der Waals surface area (Å²) in [6, 6.07) is 4.36. The number of carbonyl (C=O) groups excluding carboxylic acids is 1. The molecule has 0 saturated carbocycles. The van der Waals surface area contributed by atoms with Gasteiger partial charge in [-0.05, 0) is 44.3 Å². The molecule has 0 aromatic heterocycles. The summed E-state index contributed by atoms with van der Waals surface area (Å²) in [4.78, 5) is 22.4. The third-order valence-corrected chi connectivity index (χ3v) is 3.63. The lowest BCUT2D eigenvalue weighted by Gasteiger charge is -2.23. The monoisotopic (exact) mass is 313 g/mol. The van der Waals surface area contributed by atoms with Crippen LogP contribution in [-0.2, 0) is 0 Å². The number of benzene rings is 1. The predicted octanol–water partition coefficient (Wildman–Crippen LogP) is 2.05. The number of hydrogen-bond donors (Lipinski definition) is 2. The zero-order chi connectivity index (χ0) is 14.5. The van der Waals surface area contributed by atoms with Gasteiger partial charge in [0.2, 0.25) is 0 Å². The minimum absolute atomic E-state index is 0. The summed E-state index contributed by atoms with van der Waals surface area (Å²) in [6.45, 7) is 4.33.